The van der Waals surface area contributed by atoms with Crippen molar-refractivity contribution in [2.24, 2.45) is 0 Å². The van der Waals surface area contributed by atoms with Crippen LogP contribution >= 0.6 is 0 Å². The molecule has 28 heavy (non-hydrogen) atoms. The Morgan fingerprint density at radius 2 is 1.71 bits per heavy atom. The molecule has 6 nitrogen and oxygen atoms in total. The number of ketones is 1. The van der Waals surface area contributed by atoms with Gasteiger partial charge in [-0.2, -0.15) is 0 Å². The van der Waals surface area contributed by atoms with E-state index in [-0.39, 0.29) is 24.6 Å². The fourth-order valence-electron chi connectivity index (χ4n) is 3.28. The molecule has 1 aromatic heterocycles. The summed E-state index contributed by atoms with van der Waals surface area (Å²) in [6.45, 7) is 4.35. The van der Waals surface area contributed by atoms with Gasteiger partial charge in [-0.05, 0) is 50.1 Å². The van der Waals surface area contributed by atoms with Gasteiger partial charge in [-0.1, -0.05) is 24.3 Å². The number of hydrogen-bond acceptors (Lipinski definition) is 4. The second kappa shape index (κ2) is 8.89. The van der Waals surface area contributed by atoms with Crippen LogP contribution in [0.5, 0.6) is 5.75 Å². The van der Waals surface area contributed by atoms with Crippen molar-refractivity contribution in [2.45, 2.75) is 45.9 Å². The highest BCUT2D eigenvalue weighted by molar-refractivity contribution is 5.76. The fourth-order valence-corrected chi connectivity index (χ4v) is 3.28. The predicted octanol–water partition coefficient (Wildman–Crippen LogP) is 2.78. The van der Waals surface area contributed by atoms with Crippen LogP contribution in [0.4, 0.5) is 0 Å². The summed E-state index contributed by atoms with van der Waals surface area (Å²) in [4.78, 5) is 23.7. The lowest BCUT2D eigenvalue weighted by molar-refractivity contribution is -0.116. The monoisotopic (exact) mass is 382 g/mol. The molecule has 3 aromatic rings. The van der Waals surface area contributed by atoms with Crippen molar-refractivity contribution in [3.8, 4) is 5.75 Å². The van der Waals surface area contributed by atoms with Crippen LogP contribution in [0.2, 0.25) is 0 Å². The van der Waals surface area contributed by atoms with Crippen molar-refractivity contribution in [3.05, 3.63) is 64.6 Å². The maximum atomic E-state index is 12.6. The van der Waals surface area contributed by atoms with E-state index in [1.807, 2.05) is 55.5 Å². The number of para-hydroxylation sites is 2. The van der Waals surface area contributed by atoms with Gasteiger partial charge < -0.3 is 14.6 Å². The molecule has 0 fully saturated rings. The summed E-state index contributed by atoms with van der Waals surface area (Å²) in [6, 6.07) is 15.1. The van der Waals surface area contributed by atoms with E-state index in [9.17, 15) is 14.7 Å². The lowest BCUT2D eigenvalue weighted by Gasteiger charge is -2.13. The molecule has 2 aromatic carbocycles. The van der Waals surface area contributed by atoms with Gasteiger partial charge in [0.15, 0.2) is 0 Å². The van der Waals surface area contributed by atoms with Crippen LogP contribution in [-0.2, 0) is 24.3 Å². The van der Waals surface area contributed by atoms with Crippen molar-refractivity contribution in [3.63, 3.8) is 0 Å². The van der Waals surface area contributed by atoms with Crippen LogP contribution in [0.25, 0.3) is 11.0 Å². The minimum absolute atomic E-state index is 0.0882. The number of aliphatic hydroxyl groups is 1. The molecular weight excluding hydrogens is 356 g/mol. The van der Waals surface area contributed by atoms with Gasteiger partial charge in [0.05, 0.1) is 17.6 Å². The predicted molar refractivity (Wildman–Crippen MR) is 109 cm³/mol. The van der Waals surface area contributed by atoms with Crippen LogP contribution in [0.1, 0.15) is 25.8 Å². The highest BCUT2D eigenvalue weighted by Crippen LogP contribution is 2.15. The first-order chi connectivity index (χ1) is 13.5. The molecule has 1 heterocycles. The molecule has 1 atom stereocenters. The Balaban J connectivity index is 1.63. The second-order valence-electron chi connectivity index (χ2n) is 6.94. The van der Waals surface area contributed by atoms with E-state index in [2.05, 4.69) is 0 Å². The molecular formula is C22H26N2O4. The molecule has 0 saturated carbocycles. The van der Waals surface area contributed by atoms with Crippen LogP contribution in [0.3, 0.4) is 0 Å². The van der Waals surface area contributed by atoms with Gasteiger partial charge >= 0.3 is 5.69 Å². The summed E-state index contributed by atoms with van der Waals surface area (Å²) in [5.41, 5.74) is 2.62. The van der Waals surface area contributed by atoms with Crippen LogP contribution in [0, 0.1) is 0 Å². The van der Waals surface area contributed by atoms with Gasteiger partial charge in [0, 0.05) is 13.0 Å². The Labute approximate surface area is 164 Å². The number of aryl methyl sites for hydroxylation is 2. The number of carbonyl (C=O) groups is 1. The zero-order chi connectivity index (χ0) is 20.1. The van der Waals surface area contributed by atoms with Crippen molar-refractivity contribution < 1.29 is 14.6 Å². The van der Waals surface area contributed by atoms with Crippen LogP contribution in [0.15, 0.2) is 53.3 Å². The molecule has 0 aliphatic heterocycles. The summed E-state index contributed by atoms with van der Waals surface area (Å²) >= 11 is 0. The lowest BCUT2D eigenvalue weighted by atomic mass is 10.1. The maximum Gasteiger partial charge on any atom is 0.329 e. The van der Waals surface area contributed by atoms with Crippen molar-refractivity contribution in [2.75, 3.05) is 6.61 Å². The molecule has 0 bridgehead atoms. The van der Waals surface area contributed by atoms with E-state index in [4.69, 9.17) is 4.74 Å². The average Bonchev–Trinajstić information content (AvgIpc) is 2.96. The zero-order valence-corrected chi connectivity index (χ0v) is 16.3. The molecule has 1 N–H and O–H groups in total. The number of nitrogens with zero attached hydrogens (tertiary/aromatic N) is 2. The number of fused-ring (bicyclic) bond motifs is 1. The number of rotatable bonds is 9. The molecule has 3 rings (SSSR count). The smallest absolute Gasteiger partial charge is 0.329 e. The minimum atomic E-state index is -0.814. The number of Topliss-reactive ketones (excluding diaryl/α,β-unsaturated/α-hetero) is 1. The molecule has 148 valence electrons. The summed E-state index contributed by atoms with van der Waals surface area (Å²) in [5, 5.41) is 10.4. The first-order valence-corrected chi connectivity index (χ1v) is 9.57. The summed E-state index contributed by atoms with van der Waals surface area (Å²) in [7, 11) is 0. The van der Waals surface area contributed by atoms with E-state index in [0.717, 1.165) is 16.6 Å². The molecule has 0 saturated heterocycles. The Kier molecular flexibility index (Phi) is 6.31. The Hall–Kier alpha value is -2.86. The van der Waals surface area contributed by atoms with E-state index in [1.165, 1.54) is 0 Å². The number of carbonyl (C=O) groups excluding carboxylic acids is 1. The molecule has 0 spiro atoms. The van der Waals surface area contributed by atoms with E-state index in [1.54, 1.807) is 16.1 Å². The van der Waals surface area contributed by atoms with Crippen molar-refractivity contribution in [1.29, 1.82) is 0 Å². The third-order valence-electron chi connectivity index (χ3n) is 4.77. The number of imidazole rings is 1. The number of benzene rings is 2. The molecule has 0 aliphatic carbocycles. The first kappa shape index (κ1) is 19.9. The minimum Gasteiger partial charge on any atom is -0.491 e. The number of ether oxygens (including phenoxy) is 1. The van der Waals surface area contributed by atoms with Crippen molar-refractivity contribution >= 4 is 16.8 Å². The highest BCUT2D eigenvalue weighted by atomic mass is 16.5. The quantitative estimate of drug-likeness (QED) is 0.618. The number of aromatic nitrogens is 2. The summed E-state index contributed by atoms with van der Waals surface area (Å²) in [5.74, 6) is 0.817. The topological polar surface area (TPSA) is 73.5 Å². The molecule has 0 radical (unpaired) electrons. The van der Waals surface area contributed by atoms with Gasteiger partial charge in [-0.3, -0.25) is 9.13 Å². The van der Waals surface area contributed by atoms with Crippen LogP contribution in [-0.4, -0.2) is 32.7 Å². The highest BCUT2D eigenvalue weighted by Gasteiger charge is 2.15. The van der Waals surface area contributed by atoms with Crippen LogP contribution < -0.4 is 10.4 Å². The summed E-state index contributed by atoms with van der Waals surface area (Å²) in [6.07, 6.45) is 0.424. The summed E-state index contributed by atoms with van der Waals surface area (Å²) < 4.78 is 8.96. The van der Waals surface area contributed by atoms with E-state index in [0.29, 0.717) is 25.1 Å². The number of hydrogen-bond donors (Lipinski definition) is 1. The van der Waals surface area contributed by atoms with Gasteiger partial charge in [0.25, 0.3) is 0 Å². The normalized spacial score (nSPS) is 12.2. The molecule has 0 amide bonds. The van der Waals surface area contributed by atoms with Gasteiger partial charge in [-0.25, -0.2) is 4.79 Å². The van der Waals surface area contributed by atoms with E-state index >= 15 is 0 Å². The zero-order valence-electron chi connectivity index (χ0n) is 16.3. The van der Waals surface area contributed by atoms with Gasteiger partial charge in [0.1, 0.15) is 24.2 Å². The first-order valence-electron chi connectivity index (χ1n) is 9.57. The Morgan fingerprint density at radius 1 is 1.07 bits per heavy atom. The maximum absolute atomic E-state index is 12.6. The second-order valence-corrected chi connectivity index (χ2v) is 6.94. The molecule has 6 heteroatoms. The third-order valence-corrected chi connectivity index (χ3v) is 4.77. The van der Waals surface area contributed by atoms with Crippen molar-refractivity contribution in [1.82, 2.24) is 9.13 Å². The standard InChI is InChI=1S/C22H26N2O4/c1-3-23-20-6-4-5-7-21(20)24(22(23)27)14-18(26)15-28-19-12-10-17(11-13-19)9-8-16(2)25/h4-7,10-13,18,26H,3,8-9,14-15H2,1-2H3/t18-/m0/s1. The lowest BCUT2D eigenvalue weighted by Crippen LogP contribution is -2.31. The SMILES string of the molecule is CCn1c(=O)n(C[C@H](O)COc2ccc(CCC(C)=O)cc2)c2ccccc21. The third kappa shape index (κ3) is 4.51. The van der Waals surface area contributed by atoms with Gasteiger partial charge in [-0.15, -0.1) is 0 Å². The fraction of sp³-hybridized carbons (Fsp3) is 0.364. The Bertz CT molecular complexity index is 1000. The van der Waals surface area contributed by atoms with Gasteiger partial charge in [0.2, 0.25) is 0 Å². The Morgan fingerprint density at radius 3 is 2.32 bits per heavy atom. The molecule has 0 unspecified atom stereocenters. The van der Waals surface area contributed by atoms with E-state index < -0.39 is 6.10 Å². The average molecular weight is 382 g/mol. The molecule has 0 aliphatic rings. The number of aliphatic hydroxyl groups excluding tert-OH is 1. The largest absolute Gasteiger partial charge is 0.491 e.